The number of hydrogen-bond acceptors (Lipinski definition) is 3. The Bertz CT molecular complexity index is 251. The molecule has 0 unspecified atom stereocenters. The number of carboxylic acids is 1. The highest BCUT2D eigenvalue weighted by atomic mass is 32.2. The standard InChI is InChI=1S/C9H13F3O3S/c10-9(11,12)4-15-6-16-5-8(1-2-8)3-7(13)14/h1-6H2,(H,13,14). The molecule has 0 radical (unpaired) electrons. The van der Waals surface area contributed by atoms with E-state index >= 15 is 0 Å². The number of halogens is 3. The van der Waals surface area contributed by atoms with Gasteiger partial charge in [0.25, 0.3) is 0 Å². The fourth-order valence-electron chi connectivity index (χ4n) is 1.34. The first kappa shape index (κ1) is 13.6. The van der Waals surface area contributed by atoms with E-state index in [2.05, 4.69) is 4.74 Å². The van der Waals surface area contributed by atoms with Gasteiger partial charge in [0.05, 0.1) is 12.4 Å². The van der Waals surface area contributed by atoms with E-state index in [0.29, 0.717) is 5.75 Å². The average Bonchev–Trinajstić information content (AvgIpc) is 2.81. The lowest BCUT2D eigenvalue weighted by Gasteiger charge is -2.12. The molecule has 0 aromatic carbocycles. The molecule has 94 valence electrons. The fraction of sp³-hybridized carbons (Fsp3) is 0.889. The van der Waals surface area contributed by atoms with Crippen LogP contribution in [0.5, 0.6) is 0 Å². The van der Waals surface area contributed by atoms with Crippen LogP contribution in [0.4, 0.5) is 13.2 Å². The van der Waals surface area contributed by atoms with E-state index in [-0.39, 0.29) is 17.8 Å². The molecule has 0 amide bonds. The molecule has 1 aliphatic carbocycles. The van der Waals surface area contributed by atoms with E-state index in [1.54, 1.807) is 0 Å². The lowest BCUT2D eigenvalue weighted by Crippen LogP contribution is -2.17. The summed E-state index contributed by atoms with van der Waals surface area (Å²) in [6.45, 7) is -1.24. The Morgan fingerprint density at radius 1 is 1.44 bits per heavy atom. The molecule has 7 heteroatoms. The van der Waals surface area contributed by atoms with Crippen molar-refractivity contribution >= 4 is 17.7 Å². The van der Waals surface area contributed by atoms with Crippen LogP contribution in [-0.2, 0) is 9.53 Å². The summed E-state index contributed by atoms with van der Waals surface area (Å²) >= 11 is 1.22. The zero-order valence-electron chi connectivity index (χ0n) is 8.55. The summed E-state index contributed by atoms with van der Waals surface area (Å²) in [6, 6.07) is 0. The average molecular weight is 258 g/mol. The predicted octanol–water partition coefficient (Wildman–Crippen LogP) is 2.51. The van der Waals surface area contributed by atoms with Gasteiger partial charge in [-0.05, 0) is 18.3 Å². The summed E-state index contributed by atoms with van der Waals surface area (Å²) in [6.07, 6.45) is -2.52. The minimum Gasteiger partial charge on any atom is -0.481 e. The quantitative estimate of drug-likeness (QED) is 0.563. The SMILES string of the molecule is O=C(O)CC1(CSCOCC(F)(F)F)CC1. The molecule has 3 nitrogen and oxygen atoms in total. The van der Waals surface area contributed by atoms with Crippen molar-refractivity contribution in [1.82, 2.24) is 0 Å². The van der Waals surface area contributed by atoms with E-state index in [4.69, 9.17) is 5.11 Å². The van der Waals surface area contributed by atoms with E-state index < -0.39 is 18.8 Å². The van der Waals surface area contributed by atoms with Crippen LogP contribution in [0.1, 0.15) is 19.3 Å². The Balaban J connectivity index is 2.05. The lowest BCUT2D eigenvalue weighted by molar-refractivity contribution is -0.168. The summed E-state index contributed by atoms with van der Waals surface area (Å²) < 4.78 is 39.5. The molecule has 0 spiro atoms. The van der Waals surface area contributed by atoms with Gasteiger partial charge in [-0.2, -0.15) is 13.2 Å². The maximum atomic E-state index is 11.7. The van der Waals surface area contributed by atoms with E-state index in [0.717, 1.165) is 12.8 Å². The van der Waals surface area contributed by atoms with Crippen LogP contribution in [-0.4, -0.2) is 35.6 Å². The molecule has 0 bridgehead atoms. The second-order valence-corrected chi connectivity index (χ2v) is 4.93. The van der Waals surface area contributed by atoms with Crippen LogP contribution in [0.25, 0.3) is 0 Å². The zero-order valence-corrected chi connectivity index (χ0v) is 9.36. The number of aliphatic carboxylic acids is 1. The Morgan fingerprint density at radius 2 is 2.06 bits per heavy atom. The molecular weight excluding hydrogens is 245 g/mol. The minimum atomic E-state index is -4.29. The first-order valence-corrected chi connectivity index (χ1v) is 5.93. The summed E-state index contributed by atoms with van der Waals surface area (Å²) in [5, 5.41) is 8.61. The van der Waals surface area contributed by atoms with Crippen LogP contribution in [0.2, 0.25) is 0 Å². The summed E-state index contributed by atoms with van der Waals surface area (Å²) in [7, 11) is 0. The van der Waals surface area contributed by atoms with Gasteiger partial charge in [-0.3, -0.25) is 4.79 Å². The lowest BCUT2D eigenvalue weighted by atomic mass is 10.1. The zero-order chi connectivity index (χ0) is 12.2. The maximum absolute atomic E-state index is 11.7. The van der Waals surface area contributed by atoms with Crippen molar-refractivity contribution in [3.8, 4) is 0 Å². The molecule has 1 N–H and O–H groups in total. The summed E-state index contributed by atoms with van der Waals surface area (Å²) in [5.41, 5.74) is -0.196. The molecular formula is C9H13F3O3S. The molecule has 1 fully saturated rings. The van der Waals surface area contributed by atoms with Gasteiger partial charge in [-0.1, -0.05) is 0 Å². The third-order valence-electron chi connectivity index (χ3n) is 2.32. The normalized spacial score (nSPS) is 18.4. The number of carbonyl (C=O) groups is 1. The van der Waals surface area contributed by atoms with Crippen LogP contribution in [0.15, 0.2) is 0 Å². The molecule has 0 aromatic rings. The van der Waals surface area contributed by atoms with Gasteiger partial charge in [0.1, 0.15) is 6.61 Å². The first-order valence-electron chi connectivity index (χ1n) is 4.77. The molecule has 0 aromatic heterocycles. The monoisotopic (exact) mass is 258 g/mol. The molecule has 0 atom stereocenters. The molecule has 1 rings (SSSR count). The molecule has 0 saturated heterocycles. The van der Waals surface area contributed by atoms with Crippen LogP contribution in [0.3, 0.4) is 0 Å². The fourth-order valence-corrected chi connectivity index (χ4v) is 2.45. The number of hydrogen-bond donors (Lipinski definition) is 1. The van der Waals surface area contributed by atoms with Gasteiger partial charge in [-0.15, -0.1) is 11.8 Å². The highest BCUT2D eigenvalue weighted by Crippen LogP contribution is 2.50. The summed E-state index contributed by atoms with van der Waals surface area (Å²) in [4.78, 5) is 10.5. The van der Waals surface area contributed by atoms with Gasteiger partial charge in [-0.25, -0.2) is 0 Å². The topological polar surface area (TPSA) is 46.5 Å². The van der Waals surface area contributed by atoms with Gasteiger partial charge in [0.2, 0.25) is 0 Å². The Morgan fingerprint density at radius 3 is 2.50 bits per heavy atom. The number of alkyl halides is 3. The number of thioether (sulfide) groups is 1. The summed E-state index contributed by atoms with van der Waals surface area (Å²) in [5.74, 6) is -0.341. The van der Waals surface area contributed by atoms with Crippen molar-refractivity contribution in [2.24, 2.45) is 5.41 Å². The predicted molar refractivity (Wildman–Crippen MR) is 53.3 cm³/mol. The van der Waals surface area contributed by atoms with Gasteiger partial charge in [0.15, 0.2) is 0 Å². The van der Waals surface area contributed by atoms with Crippen molar-refractivity contribution in [3.63, 3.8) is 0 Å². The van der Waals surface area contributed by atoms with Crippen molar-refractivity contribution in [3.05, 3.63) is 0 Å². The number of rotatable bonds is 7. The Kier molecular flexibility index (Phi) is 4.49. The third-order valence-corrected chi connectivity index (χ3v) is 3.47. The van der Waals surface area contributed by atoms with Gasteiger partial charge >= 0.3 is 12.1 Å². The van der Waals surface area contributed by atoms with E-state index in [1.807, 2.05) is 0 Å². The van der Waals surface area contributed by atoms with Crippen LogP contribution < -0.4 is 0 Å². The van der Waals surface area contributed by atoms with Crippen LogP contribution >= 0.6 is 11.8 Å². The number of ether oxygens (including phenoxy) is 1. The van der Waals surface area contributed by atoms with E-state index in [1.165, 1.54) is 11.8 Å². The second-order valence-electron chi connectivity index (χ2n) is 4.00. The minimum absolute atomic E-state index is 0.0408. The Hall–Kier alpha value is -0.430. The molecule has 1 saturated carbocycles. The largest absolute Gasteiger partial charge is 0.481 e. The van der Waals surface area contributed by atoms with Gasteiger partial charge < -0.3 is 9.84 Å². The smallest absolute Gasteiger partial charge is 0.411 e. The molecule has 0 aliphatic heterocycles. The van der Waals surface area contributed by atoms with Crippen molar-refractivity contribution in [1.29, 1.82) is 0 Å². The highest BCUT2D eigenvalue weighted by Gasteiger charge is 2.44. The number of carboxylic acid groups (broad SMARTS) is 1. The van der Waals surface area contributed by atoms with Gasteiger partial charge in [0, 0.05) is 5.75 Å². The molecule has 0 heterocycles. The highest BCUT2D eigenvalue weighted by molar-refractivity contribution is 7.99. The molecule has 1 aliphatic rings. The first-order chi connectivity index (χ1) is 7.33. The Labute approximate surface area is 95.3 Å². The second kappa shape index (κ2) is 5.27. The third kappa shape index (κ3) is 5.60. The van der Waals surface area contributed by atoms with Crippen LogP contribution in [0, 0.1) is 5.41 Å². The van der Waals surface area contributed by atoms with E-state index in [9.17, 15) is 18.0 Å². The maximum Gasteiger partial charge on any atom is 0.411 e. The molecule has 16 heavy (non-hydrogen) atoms. The van der Waals surface area contributed by atoms with Crippen molar-refractivity contribution in [2.45, 2.75) is 25.4 Å². The van der Waals surface area contributed by atoms with Crippen molar-refractivity contribution < 1.29 is 27.8 Å². The van der Waals surface area contributed by atoms with Crippen molar-refractivity contribution in [2.75, 3.05) is 18.3 Å².